The molecule has 20 heavy (non-hydrogen) atoms. The number of hydrogen-bond acceptors (Lipinski definition) is 1. The second kappa shape index (κ2) is 6.86. The van der Waals surface area contributed by atoms with Crippen molar-refractivity contribution in [3.8, 4) is 0 Å². The summed E-state index contributed by atoms with van der Waals surface area (Å²) >= 11 is 9.14. The Bertz CT molecular complexity index is 606. The van der Waals surface area contributed by atoms with Gasteiger partial charge in [-0.3, -0.25) is 4.79 Å². The molecule has 1 atom stereocenters. The summed E-state index contributed by atoms with van der Waals surface area (Å²) in [5, 5.41) is 2.95. The topological polar surface area (TPSA) is 29.1 Å². The molecule has 5 heteroatoms. The molecule has 1 N–H and O–H groups in total. The lowest BCUT2D eigenvalue weighted by Crippen LogP contribution is -2.27. The van der Waals surface area contributed by atoms with Crippen LogP contribution in [0.4, 0.5) is 4.39 Å². The highest BCUT2D eigenvalue weighted by molar-refractivity contribution is 9.09. The van der Waals surface area contributed by atoms with Gasteiger partial charge in [-0.25, -0.2) is 4.39 Å². The van der Waals surface area contributed by atoms with Gasteiger partial charge in [-0.1, -0.05) is 57.9 Å². The molecule has 0 saturated carbocycles. The molecule has 0 bridgehead atoms. The Kier molecular flexibility index (Phi) is 5.15. The third-order valence-electron chi connectivity index (χ3n) is 2.78. The van der Waals surface area contributed by atoms with E-state index in [1.54, 1.807) is 0 Å². The van der Waals surface area contributed by atoms with Crippen LogP contribution >= 0.6 is 27.5 Å². The molecule has 2 aromatic carbocycles. The maximum Gasteiger partial charge on any atom is 0.254 e. The first-order chi connectivity index (χ1) is 9.58. The standard InChI is InChI=1S/C15H12BrClFNO/c16-13(10-4-2-1-3-5-10)9-19-15(20)12-7-6-11(17)8-14(12)18/h1-8,13H,9H2,(H,19,20). The van der Waals surface area contributed by atoms with E-state index in [-0.39, 0.29) is 15.4 Å². The number of benzene rings is 2. The number of rotatable bonds is 4. The Morgan fingerprint density at radius 1 is 1.25 bits per heavy atom. The van der Waals surface area contributed by atoms with Gasteiger partial charge in [0, 0.05) is 11.6 Å². The lowest BCUT2D eigenvalue weighted by Gasteiger charge is -2.12. The second-order valence-corrected chi connectivity index (χ2v) is 5.75. The van der Waals surface area contributed by atoms with Gasteiger partial charge in [0.2, 0.25) is 0 Å². The van der Waals surface area contributed by atoms with E-state index in [2.05, 4.69) is 21.2 Å². The average molecular weight is 357 g/mol. The van der Waals surface area contributed by atoms with Crippen LogP contribution in [0.3, 0.4) is 0 Å². The van der Waals surface area contributed by atoms with E-state index in [1.807, 2.05) is 30.3 Å². The Hall–Kier alpha value is -1.39. The molecule has 0 aliphatic carbocycles. The van der Waals surface area contributed by atoms with Crippen molar-refractivity contribution in [2.75, 3.05) is 6.54 Å². The smallest absolute Gasteiger partial charge is 0.254 e. The lowest BCUT2D eigenvalue weighted by atomic mass is 10.1. The summed E-state index contributed by atoms with van der Waals surface area (Å²) in [5.41, 5.74) is 1.03. The summed E-state index contributed by atoms with van der Waals surface area (Å²) in [6, 6.07) is 13.7. The van der Waals surface area contributed by atoms with Crippen molar-refractivity contribution in [2.45, 2.75) is 4.83 Å². The fourth-order valence-electron chi connectivity index (χ4n) is 1.73. The summed E-state index contributed by atoms with van der Waals surface area (Å²) < 4.78 is 13.6. The Morgan fingerprint density at radius 3 is 2.60 bits per heavy atom. The normalized spacial score (nSPS) is 11.9. The van der Waals surface area contributed by atoms with Crippen molar-refractivity contribution in [1.29, 1.82) is 0 Å². The Morgan fingerprint density at radius 2 is 1.95 bits per heavy atom. The minimum absolute atomic E-state index is 0.0119. The van der Waals surface area contributed by atoms with Crippen molar-refractivity contribution in [2.24, 2.45) is 0 Å². The van der Waals surface area contributed by atoms with Gasteiger partial charge in [0.15, 0.2) is 0 Å². The van der Waals surface area contributed by atoms with E-state index >= 15 is 0 Å². The van der Waals surface area contributed by atoms with E-state index in [9.17, 15) is 9.18 Å². The maximum atomic E-state index is 13.6. The number of halogens is 3. The van der Waals surface area contributed by atoms with Crippen molar-refractivity contribution >= 4 is 33.4 Å². The molecule has 1 amide bonds. The number of nitrogens with one attached hydrogen (secondary N) is 1. The first-order valence-corrected chi connectivity index (χ1v) is 7.29. The first-order valence-electron chi connectivity index (χ1n) is 6.00. The molecule has 0 aliphatic heterocycles. The van der Waals surface area contributed by atoms with Gasteiger partial charge in [-0.05, 0) is 23.8 Å². The molecule has 0 saturated heterocycles. The third-order valence-corrected chi connectivity index (χ3v) is 3.87. The number of amides is 1. The molecule has 104 valence electrons. The van der Waals surface area contributed by atoms with Gasteiger partial charge < -0.3 is 5.32 Å². The van der Waals surface area contributed by atoms with Gasteiger partial charge >= 0.3 is 0 Å². The van der Waals surface area contributed by atoms with Crippen molar-refractivity contribution < 1.29 is 9.18 Å². The van der Waals surface area contributed by atoms with Crippen LogP contribution < -0.4 is 5.32 Å². The largest absolute Gasteiger partial charge is 0.350 e. The van der Waals surface area contributed by atoms with Crippen LogP contribution in [0.15, 0.2) is 48.5 Å². The fraction of sp³-hybridized carbons (Fsp3) is 0.133. The van der Waals surface area contributed by atoms with Gasteiger partial charge in [0.1, 0.15) is 5.82 Å². The minimum Gasteiger partial charge on any atom is -0.350 e. The number of alkyl halides is 1. The van der Waals surface area contributed by atoms with Crippen LogP contribution in [0.1, 0.15) is 20.7 Å². The van der Waals surface area contributed by atoms with E-state index in [0.717, 1.165) is 11.6 Å². The molecule has 2 aromatic rings. The molecule has 0 aliphatic rings. The molecule has 0 spiro atoms. The molecule has 2 nitrogen and oxygen atoms in total. The summed E-state index contributed by atoms with van der Waals surface area (Å²) in [6.45, 7) is 0.366. The molecule has 0 aromatic heterocycles. The monoisotopic (exact) mass is 355 g/mol. The molecule has 0 fully saturated rings. The van der Waals surface area contributed by atoms with E-state index in [1.165, 1.54) is 12.1 Å². The zero-order chi connectivity index (χ0) is 14.5. The van der Waals surface area contributed by atoms with Crippen LogP contribution in [-0.4, -0.2) is 12.5 Å². The van der Waals surface area contributed by atoms with E-state index in [0.29, 0.717) is 6.54 Å². The maximum absolute atomic E-state index is 13.6. The van der Waals surface area contributed by atoms with Crippen LogP contribution in [0, 0.1) is 5.82 Å². The van der Waals surface area contributed by atoms with E-state index in [4.69, 9.17) is 11.6 Å². The minimum atomic E-state index is -0.624. The predicted molar refractivity (Wildman–Crippen MR) is 81.9 cm³/mol. The zero-order valence-electron chi connectivity index (χ0n) is 10.4. The fourth-order valence-corrected chi connectivity index (χ4v) is 2.36. The van der Waals surface area contributed by atoms with Gasteiger partial charge in [-0.2, -0.15) is 0 Å². The van der Waals surface area contributed by atoms with Gasteiger partial charge in [0.25, 0.3) is 5.91 Å². The highest BCUT2D eigenvalue weighted by Gasteiger charge is 2.14. The van der Waals surface area contributed by atoms with Crippen LogP contribution in [0.2, 0.25) is 5.02 Å². The van der Waals surface area contributed by atoms with Crippen molar-refractivity contribution in [1.82, 2.24) is 5.32 Å². The van der Waals surface area contributed by atoms with Crippen LogP contribution in [0.5, 0.6) is 0 Å². The molecule has 1 unspecified atom stereocenters. The number of carbonyl (C=O) groups excluding carboxylic acids is 1. The van der Waals surface area contributed by atoms with Crippen molar-refractivity contribution in [3.63, 3.8) is 0 Å². The summed E-state index contributed by atoms with van der Waals surface area (Å²) in [6.07, 6.45) is 0. The number of hydrogen-bond donors (Lipinski definition) is 1. The van der Waals surface area contributed by atoms with Crippen molar-refractivity contribution in [3.05, 3.63) is 70.5 Å². The lowest BCUT2D eigenvalue weighted by molar-refractivity contribution is 0.0950. The molecule has 0 radical (unpaired) electrons. The van der Waals surface area contributed by atoms with Gasteiger partial charge in [-0.15, -0.1) is 0 Å². The highest BCUT2D eigenvalue weighted by Crippen LogP contribution is 2.21. The Labute approximate surface area is 130 Å². The highest BCUT2D eigenvalue weighted by atomic mass is 79.9. The van der Waals surface area contributed by atoms with Gasteiger partial charge in [0.05, 0.1) is 10.4 Å². The summed E-state index contributed by atoms with van der Waals surface area (Å²) in [7, 11) is 0. The average Bonchev–Trinajstić information content (AvgIpc) is 2.45. The van der Waals surface area contributed by atoms with Crippen LogP contribution in [0.25, 0.3) is 0 Å². The zero-order valence-corrected chi connectivity index (χ0v) is 12.8. The molecular formula is C15H12BrClFNO. The van der Waals surface area contributed by atoms with Crippen LogP contribution in [-0.2, 0) is 0 Å². The molecular weight excluding hydrogens is 345 g/mol. The SMILES string of the molecule is O=C(NCC(Br)c1ccccc1)c1ccc(Cl)cc1F. The predicted octanol–water partition coefficient (Wildman–Crippen LogP) is 4.35. The summed E-state index contributed by atoms with van der Waals surface area (Å²) in [4.78, 5) is 11.9. The molecule has 2 rings (SSSR count). The third kappa shape index (κ3) is 3.81. The summed E-state index contributed by atoms with van der Waals surface area (Å²) in [5.74, 6) is -1.08. The Balaban J connectivity index is 1.99. The second-order valence-electron chi connectivity index (χ2n) is 4.21. The van der Waals surface area contributed by atoms with E-state index < -0.39 is 11.7 Å². The first kappa shape index (κ1) is 15.0. The molecule has 0 heterocycles. The quantitative estimate of drug-likeness (QED) is 0.811. The number of carbonyl (C=O) groups is 1.